The first-order valence-electron chi connectivity index (χ1n) is 6.89. The molecule has 0 fully saturated rings. The molecule has 2 heteroatoms. The Labute approximate surface area is 119 Å². The minimum absolute atomic E-state index is 0.0312. The van der Waals surface area contributed by atoms with Crippen molar-refractivity contribution in [2.45, 2.75) is 19.4 Å². The Morgan fingerprint density at radius 2 is 1.75 bits per heavy atom. The van der Waals surface area contributed by atoms with E-state index >= 15 is 0 Å². The van der Waals surface area contributed by atoms with Crippen LogP contribution in [-0.4, -0.2) is 4.98 Å². The van der Waals surface area contributed by atoms with Crippen molar-refractivity contribution in [1.82, 2.24) is 4.98 Å². The largest absolute Gasteiger partial charge is 0.324 e. The fourth-order valence-corrected chi connectivity index (χ4v) is 2.52. The summed E-state index contributed by atoms with van der Waals surface area (Å²) in [4.78, 5) is 4.48. The van der Waals surface area contributed by atoms with Crippen LogP contribution in [0.3, 0.4) is 0 Å². The molecular formula is C18H18N2. The van der Waals surface area contributed by atoms with Crippen LogP contribution in [0.2, 0.25) is 0 Å². The minimum Gasteiger partial charge on any atom is -0.324 e. The fourth-order valence-electron chi connectivity index (χ4n) is 2.52. The van der Waals surface area contributed by atoms with Gasteiger partial charge in [-0.05, 0) is 30.5 Å². The van der Waals surface area contributed by atoms with Gasteiger partial charge in [0.15, 0.2) is 0 Å². The second-order valence-corrected chi connectivity index (χ2v) is 5.22. The van der Waals surface area contributed by atoms with E-state index in [2.05, 4.69) is 54.4 Å². The molecule has 3 rings (SSSR count). The number of rotatable bonds is 3. The van der Waals surface area contributed by atoms with Crippen LogP contribution in [0.25, 0.3) is 10.9 Å². The van der Waals surface area contributed by atoms with E-state index in [4.69, 9.17) is 5.73 Å². The number of aromatic nitrogens is 1. The van der Waals surface area contributed by atoms with E-state index in [9.17, 15) is 0 Å². The zero-order valence-electron chi connectivity index (χ0n) is 11.6. The van der Waals surface area contributed by atoms with E-state index in [0.717, 1.165) is 22.9 Å². The SMILES string of the molecule is Cc1ccc(CC(N)c2cccc3cccnc23)cc1. The topological polar surface area (TPSA) is 38.9 Å². The molecule has 0 aliphatic rings. The average Bonchev–Trinajstić information content (AvgIpc) is 2.49. The van der Waals surface area contributed by atoms with Crippen LogP contribution in [0.5, 0.6) is 0 Å². The van der Waals surface area contributed by atoms with Crippen molar-refractivity contribution in [2.75, 3.05) is 0 Å². The van der Waals surface area contributed by atoms with E-state index in [1.54, 1.807) is 0 Å². The van der Waals surface area contributed by atoms with Crippen molar-refractivity contribution < 1.29 is 0 Å². The van der Waals surface area contributed by atoms with Crippen molar-refractivity contribution in [3.8, 4) is 0 Å². The highest BCUT2D eigenvalue weighted by molar-refractivity contribution is 5.82. The summed E-state index contributed by atoms with van der Waals surface area (Å²) in [6, 6.07) is 18.7. The lowest BCUT2D eigenvalue weighted by atomic mass is 9.97. The molecule has 100 valence electrons. The number of nitrogens with zero attached hydrogens (tertiary/aromatic N) is 1. The molecular weight excluding hydrogens is 244 g/mol. The van der Waals surface area contributed by atoms with Gasteiger partial charge in [0.1, 0.15) is 0 Å². The Balaban J connectivity index is 1.92. The van der Waals surface area contributed by atoms with Gasteiger partial charge in [0.25, 0.3) is 0 Å². The monoisotopic (exact) mass is 262 g/mol. The van der Waals surface area contributed by atoms with E-state index in [1.807, 2.05) is 18.3 Å². The van der Waals surface area contributed by atoms with Crippen molar-refractivity contribution in [1.29, 1.82) is 0 Å². The normalized spacial score (nSPS) is 12.5. The third-order valence-corrected chi connectivity index (χ3v) is 3.64. The molecule has 1 heterocycles. The Morgan fingerprint density at radius 3 is 2.55 bits per heavy atom. The Bertz CT molecular complexity index is 712. The summed E-state index contributed by atoms with van der Waals surface area (Å²) in [6.07, 6.45) is 2.65. The number of aryl methyl sites for hydroxylation is 1. The average molecular weight is 262 g/mol. The molecule has 2 N–H and O–H groups in total. The van der Waals surface area contributed by atoms with Gasteiger partial charge in [-0.3, -0.25) is 4.98 Å². The molecule has 2 nitrogen and oxygen atoms in total. The van der Waals surface area contributed by atoms with Gasteiger partial charge in [-0.25, -0.2) is 0 Å². The number of para-hydroxylation sites is 1. The van der Waals surface area contributed by atoms with E-state index in [-0.39, 0.29) is 6.04 Å². The van der Waals surface area contributed by atoms with Crippen LogP contribution in [-0.2, 0) is 6.42 Å². The van der Waals surface area contributed by atoms with Crippen molar-refractivity contribution in [3.05, 3.63) is 77.5 Å². The number of fused-ring (bicyclic) bond motifs is 1. The number of hydrogen-bond donors (Lipinski definition) is 1. The highest BCUT2D eigenvalue weighted by Crippen LogP contribution is 2.23. The summed E-state index contributed by atoms with van der Waals surface area (Å²) in [6.45, 7) is 2.10. The Kier molecular flexibility index (Phi) is 3.48. The van der Waals surface area contributed by atoms with Crippen LogP contribution >= 0.6 is 0 Å². The van der Waals surface area contributed by atoms with E-state index in [0.29, 0.717) is 0 Å². The highest BCUT2D eigenvalue weighted by atomic mass is 14.7. The van der Waals surface area contributed by atoms with Gasteiger partial charge in [0.05, 0.1) is 5.52 Å². The molecule has 3 aromatic rings. The Hall–Kier alpha value is -2.19. The molecule has 0 bridgehead atoms. The molecule has 0 radical (unpaired) electrons. The smallest absolute Gasteiger partial charge is 0.0749 e. The molecule has 20 heavy (non-hydrogen) atoms. The second kappa shape index (κ2) is 5.43. The number of benzene rings is 2. The third-order valence-electron chi connectivity index (χ3n) is 3.64. The van der Waals surface area contributed by atoms with Gasteiger partial charge in [0, 0.05) is 17.6 Å². The maximum absolute atomic E-state index is 6.39. The molecule has 0 saturated carbocycles. The van der Waals surface area contributed by atoms with Gasteiger partial charge in [-0.15, -0.1) is 0 Å². The lowest BCUT2D eigenvalue weighted by molar-refractivity contribution is 0.726. The molecule has 0 aliphatic carbocycles. The van der Waals surface area contributed by atoms with Crippen LogP contribution in [0, 0.1) is 6.92 Å². The van der Waals surface area contributed by atoms with E-state index in [1.165, 1.54) is 11.1 Å². The van der Waals surface area contributed by atoms with Crippen molar-refractivity contribution >= 4 is 10.9 Å². The first kappa shape index (κ1) is 12.8. The predicted molar refractivity (Wildman–Crippen MR) is 83.6 cm³/mol. The number of nitrogens with two attached hydrogens (primary N) is 1. The summed E-state index contributed by atoms with van der Waals surface area (Å²) in [5.41, 5.74) is 11.0. The van der Waals surface area contributed by atoms with Gasteiger partial charge in [-0.1, -0.05) is 54.1 Å². The number of pyridine rings is 1. The zero-order valence-corrected chi connectivity index (χ0v) is 11.6. The standard InChI is InChI=1S/C18H18N2/c1-13-7-9-14(10-8-13)12-17(19)16-6-2-4-15-5-3-11-20-18(15)16/h2-11,17H,12,19H2,1H3. The first-order chi connectivity index (χ1) is 9.74. The summed E-state index contributed by atoms with van der Waals surface area (Å²) < 4.78 is 0. The van der Waals surface area contributed by atoms with Crippen molar-refractivity contribution in [2.24, 2.45) is 5.73 Å². The number of hydrogen-bond acceptors (Lipinski definition) is 2. The molecule has 1 aromatic heterocycles. The maximum Gasteiger partial charge on any atom is 0.0749 e. The first-order valence-corrected chi connectivity index (χ1v) is 6.89. The fraction of sp³-hybridized carbons (Fsp3) is 0.167. The lowest BCUT2D eigenvalue weighted by Crippen LogP contribution is -2.14. The molecule has 1 unspecified atom stereocenters. The van der Waals surface area contributed by atoms with Gasteiger partial charge < -0.3 is 5.73 Å². The van der Waals surface area contributed by atoms with Crippen LogP contribution < -0.4 is 5.73 Å². The van der Waals surface area contributed by atoms with Gasteiger partial charge >= 0.3 is 0 Å². The summed E-state index contributed by atoms with van der Waals surface area (Å²) in [7, 11) is 0. The summed E-state index contributed by atoms with van der Waals surface area (Å²) in [5, 5.41) is 1.14. The zero-order chi connectivity index (χ0) is 13.9. The quantitative estimate of drug-likeness (QED) is 0.780. The van der Waals surface area contributed by atoms with Gasteiger partial charge in [0.2, 0.25) is 0 Å². The molecule has 0 aliphatic heterocycles. The molecule has 0 spiro atoms. The molecule has 1 atom stereocenters. The summed E-state index contributed by atoms with van der Waals surface area (Å²) >= 11 is 0. The van der Waals surface area contributed by atoms with Crippen LogP contribution in [0.4, 0.5) is 0 Å². The third kappa shape index (κ3) is 2.56. The summed E-state index contributed by atoms with van der Waals surface area (Å²) in [5.74, 6) is 0. The van der Waals surface area contributed by atoms with Crippen molar-refractivity contribution in [3.63, 3.8) is 0 Å². The molecule has 0 amide bonds. The molecule has 2 aromatic carbocycles. The molecule has 0 saturated heterocycles. The highest BCUT2D eigenvalue weighted by Gasteiger charge is 2.11. The van der Waals surface area contributed by atoms with Crippen LogP contribution in [0.15, 0.2) is 60.8 Å². The van der Waals surface area contributed by atoms with E-state index < -0.39 is 0 Å². The predicted octanol–water partition coefficient (Wildman–Crippen LogP) is 3.79. The maximum atomic E-state index is 6.39. The minimum atomic E-state index is -0.0312. The second-order valence-electron chi connectivity index (χ2n) is 5.22. The van der Waals surface area contributed by atoms with Crippen LogP contribution in [0.1, 0.15) is 22.7 Å². The lowest BCUT2D eigenvalue weighted by Gasteiger charge is -2.14. The Morgan fingerprint density at radius 1 is 1.00 bits per heavy atom. The van der Waals surface area contributed by atoms with Gasteiger partial charge in [-0.2, -0.15) is 0 Å².